The Bertz CT molecular complexity index is 2680. The van der Waals surface area contributed by atoms with Crippen molar-refractivity contribution in [1.82, 2.24) is 29.2 Å². The number of nitrogens with one attached hydrogen (secondary N) is 1. The topological polar surface area (TPSA) is 118 Å². The number of nitrogens with zero attached hydrogens (tertiary/aromatic N) is 5. The van der Waals surface area contributed by atoms with E-state index in [0.717, 1.165) is 86.1 Å². The lowest BCUT2D eigenvalue weighted by Gasteiger charge is -2.46. The van der Waals surface area contributed by atoms with Crippen LogP contribution in [0.15, 0.2) is 71.5 Å². The lowest BCUT2D eigenvalue weighted by atomic mass is 9.67. The van der Waals surface area contributed by atoms with E-state index in [-0.39, 0.29) is 47.9 Å². The molecule has 1 aliphatic carbocycles. The largest absolute Gasteiger partial charge is 0.497 e. The van der Waals surface area contributed by atoms with Gasteiger partial charge in [-0.1, -0.05) is 42.5 Å². The average molecular weight is 967 g/mol. The van der Waals surface area contributed by atoms with Crippen molar-refractivity contribution >= 4 is 34.3 Å². The molecule has 376 valence electrons. The minimum absolute atomic E-state index is 0.0301. The number of ether oxygens (including phenoxy) is 2. The van der Waals surface area contributed by atoms with E-state index in [1.54, 1.807) is 17.7 Å². The molecule has 4 aromatic rings. The summed E-state index contributed by atoms with van der Waals surface area (Å²) in [5.74, 6) is 0.437. The number of hydrogen-bond acceptors (Lipinski definition) is 8. The quantitative estimate of drug-likeness (QED) is 0.125. The van der Waals surface area contributed by atoms with Gasteiger partial charge < -0.3 is 14.4 Å². The van der Waals surface area contributed by atoms with Crippen molar-refractivity contribution < 1.29 is 37.0 Å². The number of carbonyl (C=O) groups is 3. The number of benzene rings is 3. The van der Waals surface area contributed by atoms with E-state index in [0.29, 0.717) is 69.2 Å². The number of imide groups is 1. The van der Waals surface area contributed by atoms with Gasteiger partial charge in [0.2, 0.25) is 11.8 Å². The summed E-state index contributed by atoms with van der Waals surface area (Å²) < 4.78 is 58.0. The number of allylic oxidation sites excluding steroid dienone is 2. The van der Waals surface area contributed by atoms with E-state index in [1.807, 2.05) is 28.0 Å². The van der Waals surface area contributed by atoms with Crippen LogP contribution >= 0.6 is 0 Å². The predicted octanol–water partition coefficient (Wildman–Crippen LogP) is 8.68. The number of halogens is 3. The zero-order valence-corrected chi connectivity index (χ0v) is 41.5. The maximum Gasteiger partial charge on any atom is 0.395 e. The van der Waals surface area contributed by atoms with Gasteiger partial charge in [0, 0.05) is 76.4 Å². The number of carbonyl (C=O) groups excluding carboxylic acids is 3. The Kier molecular flexibility index (Phi) is 14.0. The summed E-state index contributed by atoms with van der Waals surface area (Å²) in [6.45, 7) is 12.5. The van der Waals surface area contributed by atoms with Crippen LogP contribution in [-0.2, 0) is 39.3 Å². The van der Waals surface area contributed by atoms with Gasteiger partial charge in [-0.05, 0) is 150 Å². The molecule has 3 amide bonds. The minimum atomic E-state index is -4.35. The number of aromatic nitrogens is 2. The summed E-state index contributed by atoms with van der Waals surface area (Å²) in [7, 11) is 1.64. The standard InChI is InChI=1S/C55H69F3N6O6/c1-52(2,55(56,57)58)36-61(27-24-54(25-32-70-53(3,4)35-54)41-16-18-42(69-5)19-17-41)34-38-10-14-40(15-11-38)39-12-8-37(9-13-39)33-60-28-30-62(31-29-60)50(67)44-20-21-45-48-43(44)7-6-26-63(48)51(68)64(45)46-22-23-47(65)59-49(46)66/h10-12,14-21,37,46H,6-9,13,22-36H2,1-5H3,(H,59,65,66)/t37-,46+,54+/m0/s1. The fourth-order valence-corrected chi connectivity index (χ4v) is 12.1. The first-order valence-corrected chi connectivity index (χ1v) is 25.3. The molecule has 0 spiro atoms. The van der Waals surface area contributed by atoms with Crippen molar-refractivity contribution in [3.05, 3.63) is 105 Å². The fraction of sp³-hybridized carbons (Fsp3) is 0.564. The molecule has 1 N–H and O–H groups in total. The first-order chi connectivity index (χ1) is 33.3. The van der Waals surface area contributed by atoms with Crippen molar-refractivity contribution in [1.29, 1.82) is 0 Å². The van der Waals surface area contributed by atoms with Gasteiger partial charge in [-0.25, -0.2) is 4.79 Å². The summed E-state index contributed by atoms with van der Waals surface area (Å²) >= 11 is 0. The molecule has 9 rings (SSSR count). The Hall–Kier alpha value is -5.25. The number of aryl methyl sites for hydroxylation is 2. The molecule has 0 unspecified atom stereocenters. The fourth-order valence-electron chi connectivity index (χ4n) is 12.1. The molecule has 3 saturated heterocycles. The highest BCUT2D eigenvalue weighted by atomic mass is 19.4. The first kappa shape index (κ1) is 49.7. The first-order valence-electron chi connectivity index (χ1n) is 25.3. The second-order valence-electron chi connectivity index (χ2n) is 21.9. The van der Waals surface area contributed by atoms with Crippen LogP contribution in [0.3, 0.4) is 0 Å². The number of methoxy groups -OCH3 is 1. The van der Waals surface area contributed by atoms with Gasteiger partial charge in [-0.3, -0.25) is 38.6 Å². The lowest BCUT2D eigenvalue weighted by molar-refractivity contribution is -0.217. The highest BCUT2D eigenvalue weighted by molar-refractivity contribution is 6.02. The summed E-state index contributed by atoms with van der Waals surface area (Å²) in [5.41, 5.74) is 4.66. The van der Waals surface area contributed by atoms with E-state index in [4.69, 9.17) is 9.47 Å². The van der Waals surface area contributed by atoms with Gasteiger partial charge in [0.25, 0.3) is 5.91 Å². The molecule has 5 heterocycles. The number of imidazole rings is 1. The molecule has 3 fully saturated rings. The molecule has 1 aromatic heterocycles. The van der Waals surface area contributed by atoms with Crippen molar-refractivity contribution in [2.24, 2.45) is 11.3 Å². The van der Waals surface area contributed by atoms with Crippen LogP contribution in [0.25, 0.3) is 16.6 Å². The van der Waals surface area contributed by atoms with Crippen molar-refractivity contribution in [2.45, 2.75) is 128 Å². The Balaban J connectivity index is 0.807. The van der Waals surface area contributed by atoms with Crippen LogP contribution in [-0.4, -0.2) is 113 Å². The number of piperidine rings is 1. The number of piperazine rings is 1. The summed E-state index contributed by atoms with van der Waals surface area (Å²) in [4.78, 5) is 58.8. The third kappa shape index (κ3) is 10.3. The zero-order valence-electron chi connectivity index (χ0n) is 41.5. The molecule has 12 nitrogen and oxygen atoms in total. The summed E-state index contributed by atoms with van der Waals surface area (Å²) in [6.07, 6.45) is 5.05. The Morgan fingerprint density at radius 2 is 1.66 bits per heavy atom. The average Bonchev–Trinajstić information content (AvgIpc) is 3.62. The van der Waals surface area contributed by atoms with Crippen molar-refractivity contribution in [2.75, 3.05) is 59.5 Å². The highest BCUT2D eigenvalue weighted by Gasteiger charge is 2.49. The van der Waals surface area contributed by atoms with E-state index >= 15 is 0 Å². The summed E-state index contributed by atoms with van der Waals surface area (Å²) in [5, 5.41) is 2.38. The molecule has 0 radical (unpaired) electrons. The monoisotopic (exact) mass is 967 g/mol. The van der Waals surface area contributed by atoms with Crippen LogP contribution in [0.5, 0.6) is 5.75 Å². The van der Waals surface area contributed by atoms with Gasteiger partial charge >= 0.3 is 11.9 Å². The molecule has 3 aromatic carbocycles. The molecule has 4 aliphatic heterocycles. The third-order valence-corrected chi connectivity index (χ3v) is 16.0. The smallest absolute Gasteiger partial charge is 0.395 e. The van der Waals surface area contributed by atoms with Gasteiger partial charge in [0.15, 0.2) is 0 Å². The van der Waals surface area contributed by atoms with Gasteiger partial charge in [-0.15, -0.1) is 0 Å². The predicted molar refractivity (Wildman–Crippen MR) is 264 cm³/mol. The van der Waals surface area contributed by atoms with Gasteiger partial charge in [0.1, 0.15) is 11.8 Å². The Morgan fingerprint density at radius 1 is 0.914 bits per heavy atom. The molecular formula is C55H69F3N6O6. The molecular weight excluding hydrogens is 898 g/mol. The van der Waals surface area contributed by atoms with Crippen molar-refractivity contribution in [3.63, 3.8) is 0 Å². The van der Waals surface area contributed by atoms with Crippen LogP contribution in [0, 0.1) is 11.3 Å². The highest BCUT2D eigenvalue weighted by Crippen LogP contribution is 2.46. The van der Waals surface area contributed by atoms with Gasteiger partial charge in [0.05, 0.1) is 29.2 Å². The number of amides is 3. The third-order valence-electron chi connectivity index (χ3n) is 16.0. The van der Waals surface area contributed by atoms with Crippen LogP contribution in [0.2, 0.25) is 0 Å². The van der Waals surface area contributed by atoms with E-state index < -0.39 is 23.5 Å². The molecule has 15 heteroatoms. The van der Waals surface area contributed by atoms with Crippen LogP contribution in [0.1, 0.15) is 124 Å². The second-order valence-corrected chi connectivity index (χ2v) is 21.9. The van der Waals surface area contributed by atoms with Crippen molar-refractivity contribution in [3.8, 4) is 5.75 Å². The van der Waals surface area contributed by atoms with Crippen LogP contribution < -0.4 is 15.7 Å². The maximum absolute atomic E-state index is 14.4. The normalized spacial score (nSPS) is 23.4. The maximum atomic E-state index is 14.4. The molecule has 70 heavy (non-hydrogen) atoms. The Labute approximate surface area is 409 Å². The second kappa shape index (κ2) is 19.7. The number of hydrogen-bond donors (Lipinski definition) is 1. The van der Waals surface area contributed by atoms with E-state index in [9.17, 15) is 32.3 Å². The Morgan fingerprint density at radius 3 is 2.31 bits per heavy atom. The minimum Gasteiger partial charge on any atom is -0.497 e. The van der Waals surface area contributed by atoms with E-state index in [1.165, 1.54) is 29.6 Å². The molecule has 0 bridgehead atoms. The number of rotatable bonds is 14. The molecule has 3 atom stereocenters. The van der Waals surface area contributed by atoms with Gasteiger partial charge in [-0.2, -0.15) is 13.2 Å². The van der Waals surface area contributed by atoms with E-state index in [2.05, 4.69) is 66.5 Å². The number of alkyl halides is 3. The summed E-state index contributed by atoms with van der Waals surface area (Å²) in [6, 6.07) is 19.4. The molecule has 5 aliphatic rings. The zero-order chi connectivity index (χ0) is 49.6. The SMILES string of the molecule is COc1ccc([C@]2(CCN(Cc3ccc(C4=CC[C@H](CN5CCN(C(=O)c6ccc7c8c6CCCn8c(=O)n7[C@@H]6CCC(=O)NC6=O)CC5)CC4)cc3)CC(C)(C)C(F)(F)F)CCOC(C)(C)C2)cc1. The lowest BCUT2D eigenvalue weighted by Crippen LogP contribution is -2.50. The molecule has 0 saturated carbocycles. The van der Waals surface area contributed by atoms with Crippen LogP contribution in [0.4, 0.5) is 13.2 Å².